The third kappa shape index (κ3) is 3.05. The molecule has 0 saturated carbocycles. The van der Waals surface area contributed by atoms with Crippen molar-refractivity contribution in [3.05, 3.63) is 17.1 Å². The van der Waals surface area contributed by atoms with E-state index in [1.807, 2.05) is 0 Å². The zero-order valence-corrected chi connectivity index (χ0v) is 13.4. The van der Waals surface area contributed by atoms with Gasteiger partial charge in [0, 0.05) is 24.4 Å². The Labute approximate surface area is 127 Å². The van der Waals surface area contributed by atoms with E-state index in [1.165, 1.54) is 30.5 Å². The first-order chi connectivity index (χ1) is 10.2. The van der Waals surface area contributed by atoms with E-state index in [-0.39, 0.29) is 5.60 Å². The van der Waals surface area contributed by atoms with Crippen molar-refractivity contribution in [2.75, 3.05) is 18.5 Å². The number of fused-ring (bicyclic) bond motifs is 1. The van der Waals surface area contributed by atoms with Crippen LogP contribution in [0.4, 0.5) is 5.82 Å². The summed E-state index contributed by atoms with van der Waals surface area (Å²) in [6, 6.07) is 0. The van der Waals surface area contributed by atoms with E-state index in [2.05, 4.69) is 19.2 Å². The monoisotopic (exact) mass is 289 g/mol. The van der Waals surface area contributed by atoms with Crippen LogP contribution < -0.4 is 5.32 Å². The largest absolute Gasteiger partial charge is 0.370 e. The molecule has 1 unspecified atom stereocenters. The molecule has 1 atom stereocenters. The summed E-state index contributed by atoms with van der Waals surface area (Å²) in [4.78, 5) is 9.77. The van der Waals surface area contributed by atoms with Crippen molar-refractivity contribution >= 4 is 5.82 Å². The number of rotatable bonds is 4. The molecule has 0 radical (unpaired) electrons. The first-order valence-electron chi connectivity index (χ1n) is 8.51. The van der Waals surface area contributed by atoms with Crippen molar-refractivity contribution < 1.29 is 4.74 Å². The third-order valence-electron chi connectivity index (χ3n) is 4.67. The molecule has 3 rings (SSSR count). The summed E-state index contributed by atoms with van der Waals surface area (Å²) in [6.45, 7) is 6.14. The van der Waals surface area contributed by atoms with E-state index in [9.17, 15) is 0 Å². The quantitative estimate of drug-likeness (QED) is 0.920. The van der Waals surface area contributed by atoms with Crippen LogP contribution in [0.1, 0.15) is 69.5 Å². The molecule has 1 fully saturated rings. The molecule has 0 aromatic carbocycles. The summed E-state index contributed by atoms with van der Waals surface area (Å²) in [5.74, 6) is 1.95. The molecule has 0 spiro atoms. The lowest BCUT2D eigenvalue weighted by Crippen LogP contribution is -2.33. The Morgan fingerprint density at radius 3 is 2.76 bits per heavy atom. The van der Waals surface area contributed by atoms with Crippen LogP contribution in [-0.4, -0.2) is 23.1 Å². The number of aryl methyl sites for hydroxylation is 1. The fraction of sp³-hybridized carbons (Fsp3) is 0.765. The van der Waals surface area contributed by atoms with Crippen molar-refractivity contribution in [2.45, 2.75) is 70.8 Å². The molecule has 1 aromatic rings. The predicted molar refractivity (Wildman–Crippen MR) is 84.6 cm³/mol. The van der Waals surface area contributed by atoms with Gasteiger partial charge >= 0.3 is 0 Å². The molecule has 1 aliphatic heterocycles. The fourth-order valence-corrected chi connectivity index (χ4v) is 3.33. The fourth-order valence-electron chi connectivity index (χ4n) is 3.33. The Kier molecular flexibility index (Phi) is 4.43. The minimum absolute atomic E-state index is 0.298. The standard InChI is InChI=1S/C17H27N3O/c1-3-11-18-15-13-8-4-5-9-14(13)19-16(20-15)17(2)10-6-7-12-21-17/h3-12H2,1-2H3,(H,18,19,20). The summed E-state index contributed by atoms with van der Waals surface area (Å²) in [6.07, 6.45) is 9.19. The Bertz CT molecular complexity index is 495. The second-order valence-electron chi connectivity index (χ2n) is 6.49. The van der Waals surface area contributed by atoms with Crippen molar-refractivity contribution in [1.29, 1.82) is 0 Å². The Hall–Kier alpha value is -1.16. The number of hydrogen-bond acceptors (Lipinski definition) is 4. The van der Waals surface area contributed by atoms with Gasteiger partial charge in [0.05, 0.1) is 0 Å². The minimum Gasteiger partial charge on any atom is -0.370 e. The highest BCUT2D eigenvalue weighted by Gasteiger charge is 2.34. The summed E-state index contributed by atoms with van der Waals surface area (Å²) in [7, 11) is 0. The molecule has 4 nitrogen and oxygen atoms in total. The maximum atomic E-state index is 6.05. The van der Waals surface area contributed by atoms with E-state index in [0.717, 1.165) is 56.9 Å². The Balaban J connectivity index is 1.96. The van der Waals surface area contributed by atoms with Gasteiger partial charge in [-0.25, -0.2) is 9.97 Å². The molecule has 0 bridgehead atoms. The topological polar surface area (TPSA) is 47.0 Å². The zero-order valence-electron chi connectivity index (χ0n) is 13.4. The van der Waals surface area contributed by atoms with Gasteiger partial charge in [0.15, 0.2) is 5.82 Å². The number of ether oxygens (including phenoxy) is 1. The number of aromatic nitrogens is 2. The molecule has 21 heavy (non-hydrogen) atoms. The molecular weight excluding hydrogens is 262 g/mol. The molecule has 0 amide bonds. The minimum atomic E-state index is -0.298. The molecule has 1 N–H and O–H groups in total. The maximum absolute atomic E-state index is 6.05. The van der Waals surface area contributed by atoms with Crippen LogP contribution in [0.3, 0.4) is 0 Å². The lowest BCUT2D eigenvalue weighted by molar-refractivity contribution is -0.0761. The SMILES string of the molecule is CCCNc1nc(C2(C)CCCCO2)nc2c1CCCC2. The Morgan fingerprint density at radius 2 is 2.00 bits per heavy atom. The van der Waals surface area contributed by atoms with Crippen molar-refractivity contribution in [1.82, 2.24) is 9.97 Å². The molecule has 2 aliphatic rings. The summed E-state index contributed by atoms with van der Waals surface area (Å²) in [5.41, 5.74) is 2.30. The summed E-state index contributed by atoms with van der Waals surface area (Å²) >= 11 is 0. The molecule has 1 aliphatic carbocycles. The van der Waals surface area contributed by atoms with Crippen molar-refractivity contribution in [3.8, 4) is 0 Å². The molecular formula is C17H27N3O. The molecule has 1 saturated heterocycles. The highest BCUT2D eigenvalue weighted by molar-refractivity contribution is 5.48. The van der Waals surface area contributed by atoms with E-state index >= 15 is 0 Å². The van der Waals surface area contributed by atoms with E-state index in [4.69, 9.17) is 14.7 Å². The first kappa shape index (κ1) is 14.8. The number of nitrogens with one attached hydrogen (secondary N) is 1. The van der Waals surface area contributed by atoms with Crippen LogP contribution >= 0.6 is 0 Å². The Morgan fingerprint density at radius 1 is 1.14 bits per heavy atom. The molecule has 1 aromatic heterocycles. The van der Waals surface area contributed by atoms with Crippen LogP contribution in [0.2, 0.25) is 0 Å². The van der Waals surface area contributed by atoms with Crippen molar-refractivity contribution in [3.63, 3.8) is 0 Å². The average molecular weight is 289 g/mol. The second kappa shape index (κ2) is 6.30. The molecule has 2 heterocycles. The number of anilines is 1. The van der Waals surface area contributed by atoms with E-state index in [1.54, 1.807) is 0 Å². The summed E-state index contributed by atoms with van der Waals surface area (Å²) in [5, 5.41) is 3.51. The van der Waals surface area contributed by atoms with Crippen LogP contribution in [0, 0.1) is 0 Å². The van der Waals surface area contributed by atoms with Gasteiger partial charge in [-0.1, -0.05) is 6.92 Å². The van der Waals surface area contributed by atoms with Gasteiger partial charge in [-0.2, -0.15) is 0 Å². The maximum Gasteiger partial charge on any atom is 0.162 e. The average Bonchev–Trinajstić information content (AvgIpc) is 2.53. The van der Waals surface area contributed by atoms with Gasteiger partial charge in [-0.15, -0.1) is 0 Å². The van der Waals surface area contributed by atoms with Gasteiger partial charge in [0.1, 0.15) is 11.4 Å². The number of nitrogens with zero attached hydrogens (tertiary/aromatic N) is 2. The number of hydrogen-bond donors (Lipinski definition) is 1. The highest BCUT2D eigenvalue weighted by Crippen LogP contribution is 2.35. The van der Waals surface area contributed by atoms with Crippen LogP contribution in [0.25, 0.3) is 0 Å². The lowest BCUT2D eigenvalue weighted by atomic mass is 9.92. The summed E-state index contributed by atoms with van der Waals surface area (Å²) < 4.78 is 6.05. The third-order valence-corrected chi connectivity index (χ3v) is 4.67. The van der Waals surface area contributed by atoms with E-state index < -0.39 is 0 Å². The van der Waals surface area contributed by atoms with E-state index in [0.29, 0.717) is 0 Å². The first-order valence-corrected chi connectivity index (χ1v) is 8.51. The smallest absolute Gasteiger partial charge is 0.162 e. The van der Waals surface area contributed by atoms with Gasteiger partial charge in [0.25, 0.3) is 0 Å². The van der Waals surface area contributed by atoms with Crippen LogP contribution in [-0.2, 0) is 23.2 Å². The second-order valence-corrected chi connectivity index (χ2v) is 6.49. The van der Waals surface area contributed by atoms with Gasteiger partial charge in [0.2, 0.25) is 0 Å². The zero-order chi connectivity index (χ0) is 14.7. The molecule has 4 heteroatoms. The van der Waals surface area contributed by atoms with Gasteiger partial charge in [-0.05, 0) is 58.3 Å². The highest BCUT2D eigenvalue weighted by atomic mass is 16.5. The van der Waals surface area contributed by atoms with Gasteiger partial charge < -0.3 is 10.1 Å². The molecule has 116 valence electrons. The van der Waals surface area contributed by atoms with Crippen LogP contribution in [0.15, 0.2) is 0 Å². The predicted octanol–water partition coefficient (Wildman–Crippen LogP) is 3.59. The van der Waals surface area contributed by atoms with Crippen LogP contribution in [0.5, 0.6) is 0 Å². The lowest BCUT2D eigenvalue weighted by Gasteiger charge is -2.33. The van der Waals surface area contributed by atoms with Gasteiger partial charge in [-0.3, -0.25) is 0 Å². The van der Waals surface area contributed by atoms with Crippen molar-refractivity contribution in [2.24, 2.45) is 0 Å². The normalized spacial score (nSPS) is 25.4.